The van der Waals surface area contributed by atoms with E-state index >= 15 is 0 Å². The average molecular weight is 364 g/mol. The van der Waals surface area contributed by atoms with Crippen molar-refractivity contribution in [1.82, 2.24) is 9.97 Å². The van der Waals surface area contributed by atoms with Gasteiger partial charge in [0.05, 0.1) is 15.8 Å². The van der Waals surface area contributed by atoms with Crippen LogP contribution in [0.15, 0.2) is 66.9 Å². The van der Waals surface area contributed by atoms with Crippen LogP contribution in [0, 0.1) is 5.82 Å². The van der Waals surface area contributed by atoms with Crippen molar-refractivity contribution in [3.63, 3.8) is 0 Å². The fourth-order valence-corrected chi connectivity index (χ4v) is 3.34. The fourth-order valence-electron chi connectivity index (χ4n) is 2.48. The Hall–Kier alpha value is -3.32. The van der Waals surface area contributed by atoms with Gasteiger partial charge in [-0.1, -0.05) is 29.5 Å². The number of amides is 1. The number of hydrogen-bond donors (Lipinski definition) is 2. The highest BCUT2D eigenvalue weighted by atomic mass is 32.1. The summed E-state index contributed by atoms with van der Waals surface area (Å²) in [6.45, 7) is 0. The largest absolute Gasteiger partial charge is 0.339 e. The van der Waals surface area contributed by atoms with Crippen molar-refractivity contribution < 1.29 is 9.18 Å². The van der Waals surface area contributed by atoms with Crippen LogP contribution in [-0.4, -0.2) is 15.9 Å². The van der Waals surface area contributed by atoms with E-state index in [0.717, 1.165) is 10.2 Å². The van der Waals surface area contributed by atoms with E-state index in [1.165, 1.54) is 23.5 Å². The van der Waals surface area contributed by atoms with E-state index in [4.69, 9.17) is 0 Å². The van der Waals surface area contributed by atoms with E-state index in [2.05, 4.69) is 20.6 Å². The zero-order chi connectivity index (χ0) is 17.9. The first-order valence-corrected chi connectivity index (χ1v) is 8.65. The minimum Gasteiger partial charge on any atom is -0.339 e. The van der Waals surface area contributed by atoms with Gasteiger partial charge in [-0.15, -0.1) is 0 Å². The number of halogens is 1. The van der Waals surface area contributed by atoms with Crippen molar-refractivity contribution in [2.24, 2.45) is 0 Å². The smallest absolute Gasteiger partial charge is 0.261 e. The Bertz CT molecular complexity index is 1060. The second-order valence-electron chi connectivity index (χ2n) is 5.48. The van der Waals surface area contributed by atoms with Gasteiger partial charge in [-0.05, 0) is 42.5 Å². The number of para-hydroxylation sites is 1. The highest BCUT2D eigenvalue weighted by molar-refractivity contribution is 7.22. The molecule has 1 amide bonds. The summed E-state index contributed by atoms with van der Waals surface area (Å²) in [6.07, 6.45) is 1.57. The number of pyridine rings is 1. The van der Waals surface area contributed by atoms with Crippen molar-refractivity contribution >= 4 is 44.1 Å². The maximum atomic E-state index is 13.4. The van der Waals surface area contributed by atoms with Gasteiger partial charge in [-0.2, -0.15) is 0 Å². The molecule has 0 saturated heterocycles. The van der Waals surface area contributed by atoms with Gasteiger partial charge in [0, 0.05) is 11.9 Å². The molecule has 0 aliphatic rings. The molecule has 0 spiro atoms. The third kappa shape index (κ3) is 3.38. The molecule has 0 fully saturated rings. The number of rotatable bonds is 4. The summed E-state index contributed by atoms with van der Waals surface area (Å²) in [4.78, 5) is 21.3. The molecule has 0 bridgehead atoms. The molecular weight excluding hydrogens is 351 g/mol. The van der Waals surface area contributed by atoms with Crippen LogP contribution in [0.3, 0.4) is 0 Å². The molecule has 128 valence electrons. The van der Waals surface area contributed by atoms with Crippen molar-refractivity contribution in [2.75, 3.05) is 10.6 Å². The number of fused-ring (bicyclic) bond motifs is 1. The molecule has 0 unspecified atom stereocenters. The Labute approximate surface area is 152 Å². The van der Waals surface area contributed by atoms with Crippen molar-refractivity contribution in [2.45, 2.75) is 0 Å². The lowest BCUT2D eigenvalue weighted by Crippen LogP contribution is -2.14. The summed E-state index contributed by atoms with van der Waals surface area (Å²) in [5.74, 6) is -0.362. The third-order valence-electron chi connectivity index (χ3n) is 3.65. The standard InChI is InChI=1S/C19H13FN4OS/c20-12-5-3-6-13(11-12)22-17-14(7-4-10-21-17)18(25)24-19-23-15-8-1-2-9-16(15)26-19/h1-11H,(H,21,22)(H,23,24,25). The van der Waals surface area contributed by atoms with E-state index < -0.39 is 0 Å². The summed E-state index contributed by atoms with van der Waals surface area (Å²) in [6, 6.07) is 17.0. The topological polar surface area (TPSA) is 66.9 Å². The van der Waals surface area contributed by atoms with Gasteiger partial charge < -0.3 is 5.32 Å². The van der Waals surface area contributed by atoms with Gasteiger partial charge in [0.2, 0.25) is 0 Å². The maximum absolute atomic E-state index is 13.4. The van der Waals surface area contributed by atoms with Crippen molar-refractivity contribution in [3.8, 4) is 0 Å². The molecule has 2 N–H and O–H groups in total. The Morgan fingerprint density at radius 1 is 1.04 bits per heavy atom. The van der Waals surface area contributed by atoms with Crippen LogP contribution in [0.5, 0.6) is 0 Å². The summed E-state index contributed by atoms with van der Waals surface area (Å²) >= 11 is 1.40. The van der Waals surface area contributed by atoms with E-state index in [1.807, 2.05) is 24.3 Å². The van der Waals surface area contributed by atoms with Gasteiger partial charge in [0.1, 0.15) is 11.6 Å². The van der Waals surface area contributed by atoms with Gasteiger partial charge in [0.25, 0.3) is 5.91 Å². The van der Waals surface area contributed by atoms with Crippen LogP contribution in [0.25, 0.3) is 10.2 Å². The SMILES string of the molecule is O=C(Nc1nc2ccccc2s1)c1cccnc1Nc1cccc(F)c1. The highest BCUT2D eigenvalue weighted by Crippen LogP contribution is 2.26. The maximum Gasteiger partial charge on any atom is 0.261 e. The van der Waals surface area contributed by atoms with Crippen LogP contribution >= 0.6 is 11.3 Å². The number of hydrogen-bond acceptors (Lipinski definition) is 5. The minimum atomic E-state index is -0.369. The molecule has 0 radical (unpaired) electrons. The number of nitrogens with one attached hydrogen (secondary N) is 2. The number of carbonyl (C=O) groups is 1. The predicted octanol–water partition coefficient (Wildman–Crippen LogP) is 4.83. The average Bonchev–Trinajstić information content (AvgIpc) is 3.04. The molecule has 2 heterocycles. The fraction of sp³-hybridized carbons (Fsp3) is 0. The molecule has 0 aliphatic heterocycles. The van der Waals surface area contributed by atoms with Gasteiger partial charge >= 0.3 is 0 Å². The molecule has 7 heteroatoms. The minimum absolute atomic E-state index is 0.337. The molecular formula is C19H13FN4OS. The van der Waals surface area contributed by atoms with Gasteiger partial charge in [0.15, 0.2) is 5.13 Å². The predicted molar refractivity (Wildman–Crippen MR) is 101 cm³/mol. The van der Waals surface area contributed by atoms with Crippen molar-refractivity contribution in [3.05, 3.63) is 78.2 Å². The summed E-state index contributed by atoms with van der Waals surface area (Å²) in [5.41, 5.74) is 1.69. The molecule has 0 atom stereocenters. The molecule has 2 aromatic heterocycles. The van der Waals surface area contributed by atoms with Crippen LogP contribution in [0.1, 0.15) is 10.4 Å². The Morgan fingerprint density at radius 3 is 2.77 bits per heavy atom. The van der Waals surface area contributed by atoms with Gasteiger partial charge in [-0.25, -0.2) is 14.4 Å². The number of thiazole rings is 1. The third-order valence-corrected chi connectivity index (χ3v) is 4.61. The zero-order valence-corrected chi connectivity index (χ0v) is 14.3. The molecule has 4 aromatic rings. The Kier molecular flexibility index (Phi) is 4.28. The summed E-state index contributed by atoms with van der Waals surface area (Å²) < 4.78 is 14.4. The first-order chi connectivity index (χ1) is 12.7. The van der Waals surface area contributed by atoms with E-state index in [0.29, 0.717) is 22.2 Å². The lowest BCUT2D eigenvalue weighted by atomic mass is 10.2. The molecule has 0 saturated carbocycles. The number of aromatic nitrogens is 2. The number of nitrogens with zero attached hydrogens (tertiary/aromatic N) is 2. The molecule has 5 nitrogen and oxygen atoms in total. The Balaban J connectivity index is 1.59. The van der Waals surface area contributed by atoms with Gasteiger partial charge in [-0.3, -0.25) is 10.1 Å². The van der Waals surface area contributed by atoms with E-state index in [-0.39, 0.29) is 11.7 Å². The summed E-state index contributed by atoms with van der Waals surface area (Å²) in [7, 11) is 0. The van der Waals surface area contributed by atoms with Crippen LogP contribution in [0.2, 0.25) is 0 Å². The monoisotopic (exact) mass is 364 g/mol. The molecule has 2 aromatic carbocycles. The van der Waals surface area contributed by atoms with Crippen molar-refractivity contribution in [1.29, 1.82) is 0 Å². The molecule has 26 heavy (non-hydrogen) atoms. The zero-order valence-electron chi connectivity index (χ0n) is 13.4. The lowest BCUT2D eigenvalue weighted by molar-refractivity contribution is 0.102. The first-order valence-electron chi connectivity index (χ1n) is 7.83. The molecule has 0 aliphatic carbocycles. The second kappa shape index (κ2) is 6.89. The van der Waals surface area contributed by atoms with E-state index in [1.54, 1.807) is 30.5 Å². The summed E-state index contributed by atoms with van der Waals surface area (Å²) in [5, 5.41) is 6.29. The number of carbonyl (C=O) groups excluding carboxylic acids is 1. The second-order valence-corrected chi connectivity index (χ2v) is 6.51. The lowest BCUT2D eigenvalue weighted by Gasteiger charge is -2.10. The van der Waals surface area contributed by atoms with E-state index in [9.17, 15) is 9.18 Å². The first kappa shape index (κ1) is 16.2. The Morgan fingerprint density at radius 2 is 1.92 bits per heavy atom. The van der Waals surface area contributed by atoms with Crippen LogP contribution in [0.4, 0.5) is 21.0 Å². The van der Waals surface area contributed by atoms with Crippen LogP contribution < -0.4 is 10.6 Å². The normalized spacial score (nSPS) is 10.7. The number of anilines is 3. The van der Waals surface area contributed by atoms with Crippen LogP contribution in [-0.2, 0) is 0 Å². The number of benzene rings is 2. The highest BCUT2D eigenvalue weighted by Gasteiger charge is 2.15. The quantitative estimate of drug-likeness (QED) is 0.544. The molecule has 4 rings (SSSR count).